The average molecular weight is 448 g/mol. The van der Waals surface area contributed by atoms with Crippen LogP contribution in [0.15, 0.2) is 24.5 Å². The number of hydrogen-bond acceptors (Lipinski definition) is 7. The predicted molar refractivity (Wildman–Crippen MR) is 123 cm³/mol. The van der Waals surface area contributed by atoms with E-state index >= 15 is 0 Å². The SMILES string of the molecule is CC.CO.Cc1cc2nc(N[C@@H](C)c3cncc(F)c3)nc(C(=O)N3CCCC3)c2s1. The third-order valence-corrected chi connectivity index (χ3v) is 5.71. The van der Waals surface area contributed by atoms with E-state index < -0.39 is 5.82 Å². The molecule has 0 spiro atoms. The van der Waals surface area contributed by atoms with Crippen molar-refractivity contribution in [1.29, 1.82) is 0 Å². The Bertz CT molecular complexity index is 1000. The molecular formula is C22H30FN5O2S. The molecule has 1 aliphatic rings. The van der Waals surface area contributed by atoms with Crippen molar-refractivity contribution in [1.82, 2.24) is 19.9 Å². The van der Waals surface area contributed by atoms with E-state index in [0.717, 1.165) is 48.1 Å². The number of pyridine rings is 1. The molecule has 31 heavy (non-hydrogen) atoms. The quantitative estimate of drug-likeness (QED) is 0.608. The first-order chi connectivity index (χ1) is 15.0. The summed E-state index contributed by atoms with van der Waals surface area (Å²) in [5.74, 6) is -0.0830. The van der Waals surface area contributed by atoms with Crippen molar-refractivity contribution in [3.05, 3.63) is 46.5 Å². The minimum absolute atomic E-state index is 0.0510. The number of nitrogens with zero attached hydrogens (tertiary/aromatic N) is 4. The second-order valence-corrected chi connectivity index (χ2v) is 8.03. The average Bonchev–Trinajstić information content (AvgIpc) is 3.45. The predicted octanol–water partition coefficient (Wildman–Crippen LogP) is 4.58. The van der Waals surface area contributed by atoms with Crippen LogP contribution in [-0.4, -0.2) is 51.1 Å². The van der Waals surface area contributed by atoms with Gasteiger partial charge >= 0.3 is 0 Å². The topological polar surface area (TPSA) is 91.2 Å². The summed E-state index contributed by atoms with van der Waals surface area (Å²) < 4.78 is 14.3. The molecule has 1 atom stereocenters. The van der Waals surface area contributed by atoms with Crippen LogP contribution in [0.4, 0.5) is 10.3 Å². The Morgan fingerprint density at radius 3 is 2.52 bits per heavy atom. The molecule has 1 aliphatic heterocycles. The zero-order valence-corrected chi connectivity index (χ0v) is 19.5. The van der Waals surface area contributed by atoms with Crippen molar-refractivity contribution < 1.29 is 14.3 Å². The Morgan fingerprint density at radius 1 is 1.19 bits per heavy atom. The number of carbonyl (C=O) groups excluding carboxylic acids is 1. The largest absolute Gasteiger partial charge is 0.400 e. The van der Waals surface area contributed by atoms with Gasteiger partial charge in [0.1, 0.15) is 5.82 Å². The van der Waals surface area contributed by atoms with E-state index in [1.807, 2.05) is 38.7 Å². The highest BCUT2D eigenvalue weighted by Crippen LogP contribution is 2.29. The molecule has 0 aliphatic carbocycles. The molecule has 168 valence electrons. The van der Waals surface area contributed by atoms with Gasteiger partial charge < -0.3 is 15.3 Å². The van der Waals surface area contributed by atoms with Gasteiger partial charge in [0.15, 0.2) is 5.69 Å². The molecule has 3 aromatic heterocycles. The minimum Gasteiger partial charge on any atom is -0.400 e. The third-order valence-electron chi connectivity index (χ3n) is 4.66. The summed E-state index contributed by atoms with van der Waals surface area (Å²) >= 11 is 1.53. The lowest BCUT2D eigenvalue weighted by Gasteiger charge is -2.17. The Labute approximate surface area is 186 Å². The van der Waals surface area contributed by atoms with Crippen molar-refractivity contribution in [2.75, 3.05) is 25.5 Å². The van der Waals surface area contributed by atoms with Crippen molar-refractivity contribution in [3.63, 3.8) is 0 Å². The summed E-state index contributed by atoms with van der Waals surface area (Å²) in [5.41, 5.74) is 1.88. The Balaban J connectivity index is 0.000000807. The van der Waals surface area contributed by atoms with E-state index in [1.165, 1.54) is 23.6 Å². The van der Waals surface area contributed by atoms with Crippen LogP contribution in [0.2, 0.25) is 0 Å². The van der Waals surface area contributed by atoms with Crippen molar-refractivity contribution >= 4 is 33.4 Å². The number of amides is 1. The van der Waals surface area contributed by atoms with Gasteiger partial charge in [0.25, 0.3) is 5.91 Å². The fraction of sp³-hybridized carbons (Fsp3) is 0.455. The molecular weight excluding hydrogens is 417 g/mol. The standard InChI is InChI=1S/C19H20FN5OS.C2H6.CH4O/c1-11-7-15-17(27-11)16(18(26)25-5-3-4-6-25)24-19(23-15)22-12(2)13-8-14(20)10-21-9-13;2*1-2/h7-10,12H,3-6H2,1-2H3,(H,22,23,24);1-2H3;2H,1H3/t12-;;/m0../s1. The molecule has 1 fully saturated rings. The molecule has 9 heteroatoms. The maximum atomic E-state index is 13.4. The van der Waals surface area contributed by atoms with Crippen LogP contribution < -0.4 is 5.32 Å². The van der Waals surface area contributed by atoms with Crippen LogP contribution in [0.25, 0.3) is 10.2 Å². The molecule has 0 unspecified atom stereocenters. The van der Waals surface area contributed by atoms with E-state index in [1.54, 1.807) is 6.20 Å². The second kappa shape index (κ2) is 11.7. The second-order valence-electron chi connectivity index (χ2n) is 6.77. The number of aliphatic hydroxyl groups is 1. The highest BCUT2D eigenvalue weighted by atomic mass is 32.1. The minimum atomic E-state index is -0.393. The number of likely N-dealkylation sites (tertiary alicyclic amines) is 1. The Hall–Kier alpha value is -2.65. The lowest BCUT2D eigenvalue weighted by atomic mass is 10.1. The maximum absolute atomic E-state index is 13.4. The van der Waals surface area contributed by atoms with E-state index in [9.17, 15) is 9.18 Å². The normalized spacial score (nSPS) is 13.7. The number of carbonyl (C=O) groups is 1. The molecule has 0 radical (unpaired) electrons. The molecule has 4 heterocycles. The first kappa shape index (κ1) is 24.6. The van der Waals surface area contributed by atoms with Gasteiger partial charge in [-0.1, -0.05) is 13.8 Å². The van der Waals surface area contributed by atoms with E-state index in [-0.39, 0.29) is 11.9 Å². The van der Waals surface area contributed by atoms with Crippen LogP contribution in [0.5, 0.6) is 0 Å². The van der Waals surface area contributed by atoms with Gasteiger partial charge in [-0.25, -0.2) is 14.4 Å². The van der Waals surface area contributed by atoms with Crippen molar-refractivity contribution in [2.24, 2.45) is 0 Å². The molecule has 4 rings (SSSR count). The number of aliphatic hydroxyl groups excluding tert-OH is 1. The van der Waals surface area contributed by atoms with Crippen molar-refractivity contribution in [3.8, 4) is 0 Å². The van der Waals surface area contributed by atoms with Gasteiger partial charge in [-0.05, 0) is 44.4 Å². The lowest BCUT2D eigenvalue weighted by Crippen LogP contribution is -2.28. The van der Waals surface area contributed by atoms with E-state index in [2.05, 4.69) is 20.3 Å². The first-order valence-electron chi connectivity index (χ1n) is 10.4. The number of rotatable bonds is 4. The Morgan fingerprint density at radius 2 is 1.87 bits per heavy atom. The van der Waals surface area contributed by atoms with Crippen LogP contribution in [0, 0.1) is 12.7 Å². The maximum Gasteiger partial charge on any atom is 0.274 e. The Kier molecular flexibility index (Phi) is 9.26. The van der Waals surface area contributed by atoms with Gasteiger partial charge in [-0.3, -0.25) is 9.78 Å². The van der Waals surface area contributed by atoms with Gasteiger partial charge in [0.2, 0.25) is 5.95 Å². The number of nitrogens with one attached hydrogen (secondary N) is 1. The number of halogens is 1. The van der Waals surface area contributed by atoms with Crippen LogP contribution in [-0.2, 0) is 0 Å². The molecule has 2 N–H and O–H groups in total. The summed E-state index contributed by atoms with van der Waals surface area (Å²) in [6, 6.07) is 3.14. The van der Waals surface area contributed by atoms with Gasteiger partial charge in [-0.2, -0.15) is 0 Å². The summed E-state index contributed by atoms with van der Waals surface area (Å²) in [7, 11) is 1.00. The highest BCUT2D eigenvalue weighted by Gasteiger charge is 2.25. The zero-order valence-electron chi connectivity index (χ0n) is 18.6. The molecule has 1 saturated heterocycles. The van der Waals surface area contributed by atoms with E-state index in [4.69, 9.17) is 5.11 Å². The summed E-state index contributed by atoms with van der Waals surface area (Å²) in [6.07, 6.45) is 4.82. The monoisotopic (exact) mass is 447 g/mol. The number of hydrogen-bond donors (Lipinski definition) is 2. The molecule has 7 nitrogen and oxygen atoms in total. The number of fused-ring (bicyclic) bond motifs is 1. The fourth-order valence-electron chi connectivity index (χ4n) is 3.27. The smallest absolute Gasteiger partial charge is 0.274 e. The van der Waals surface area contributed by atoms with Gasteiger partial charge in [0.05, 0.1) is 22.5 Å². The number of aryl methyl sites for hydroxylation is 1. The fourth-order valence-corrected chi connectivity index (χ4v) is 4.20. The summed E-state index contributed by atoms with van der Waals surface area (Å²) in [6.45, 7) is 9.40. The number of anilines is 1. The van der Waals surface area contributed by atoms with Gasteiger partial charge in [0, 0.05) is 31.3 Å². The first-order valence-corrected chi connectivity index (χ1v) is 11.2. The van der Waals surface area contributed by atoms with E-state index in [0.29, 0.717) is 17.2 Å². The zero-order chi connectivity index (χ0) is 23.0. The summed E-state index contributed by atoms with van der Waals surface area (Å²) in [4.78, 5) is 28.9. The summed E-state index contributed by atoms with van der Waals surface area (Å²) in [5, 5.41) is 10.2. The molecule has 0 bridgehead atoms. The van der Waals surface area contributed by atoms with Crippen molar-refractivity contribution in [2.45, 2.75) is 46.6 Å². The number of aromatic nitrogens is 3. The molecule has 0 saturated carbocycles. The molecule has 0 aromatic carbocycles. The van der Waals surface area contributed by atoms with Crippen LogP contribution >= 0.6 is 11.3 Å². The van der Waals surface area contributed by atoms with Crippen LogP contribution in [0.1, 0.15) is 60.6 Å². The van der Waals surface area contributed by atoms with Crippen LogP contribution in [0.3, 0.4) is 0 Å². The third kappa shape index (κ3) is 5.95. The lowest BCUT2D eigenvalue weighted by molar-refractivity contribution is 0.0789. The number of thiophene rings is 1. The molecule has 1 amide bonds. The highest BCUT2D eigenvalue weighted by molar-refractivity contribution is 7.19. The van der Waals surface area contributed by atoms with Gasteiger partial charge in [-0.15, -0.1) is 11.3 Å². The molecule has 3 aromatic rings.